The highest BCUT2D eigenvalue weighted by atomic mass is 19.1. The number of benzene rings is 1. The summed E-state index contributed by atoms with van der Waals surface area (Å²) in [5.41, 5.74) is 0.334. The van der Waals surface area contributed by atoms with E-state index in [0.717, 1.165) is 32.5 Å². The van der Waals surface area contributed by atoms with Gasteiger partial charge < -0.3 is 15.0 Å². The maximum Gasteiger partial charge on any atom is 0.251 e. The number of rotatable bonds is 4. The second-order valence-corrected chi connectivity index (χ2v) is 5.03. The molecule has 1 heterocycles. The molecule has 0 aromatic heterocycles. The largest absolute Gasteiger partial charge is 0.494 e. The van der Waals surface area contributed by atoms with Gasteiger partial charge in [0.15, 0.2) is 11.6 Å². The summed E-state index contributed by atoms with van der Waals surface area (Å²) >= 11 is 0. The Bertz CT molecular complexity index is 471. The molecule has 0 bridgehead atoms. The van der Waals surface area contributed by atoms with Crippen molar-refractivity contribution in [3.63, 3.8) is 0 Å². The van der Waals surface area contributed by atoms with Gasteiger partial charge in [0.1, 0.15) is 0 Å². The number of methoxy groups -OCH3 is 1. The van der Waals surface area contributed by atoms with Crippen molar-refractivity contribution < 1.29 is 13.9 Å². The molecule has 2 rings (SSSR count). The summed E-state index contributed by atoms with van der Waals surface area (Å²) in [4.78, 5) is 14.4. The second kappa shape index (κ2) is 6.70. The van der Waals surface area contributed by atoms with Crippen molar-refractivity contribution in [1.82, 2.24) is 10.2 Å². The Morgan fingerprint density at radius 1 is 1.45 bits per heavy atom. The molecule has 5 heteroatoms. The van der Waals surface area contributed by atoms with E-state index in [4.69, 9.17) is 4.74 Å². The predicted molar refractivity (Wildman–Crippen MR) is 75.6 cm³/mol. The average molecular weight is 280 g/mol. The molecule has 1 aromatic rings. The maximum atomic E-state index is 13.6. The molecule has 0 unspecified atom stereocenters. The Hall–Kier alpha value is -1.62. The van der Waals surface area contributed by atoms with Gasteiger partial charge in [0.05, 0.1) is 7.11 Å². The fraction of sp³-hybridized carbons (Fsp3) is 0.533. The van der Waals surface area contributed by atoms with E-state index in [0.29, 0.717) is 5.56 Å². The monoisotopic (exact) mass is 280 g/mol. The number of likely N-dealkylation sites (tertiary alicyclic amines) is 1. The van der Waals surface area contributed by atoms with Crippen molar-refractivity contribution in [2.45, 2.75) is 25.8 Å². The lowest BCUT2D eigenvalue weighted by atomic mass is 10.0. The van der Waals surface area contributed by atoms with E-state index in [-0.39, 0.29) is 17.7 Å². The number of nitrogens with one attached hydrogen (secondary N) is 1. The highest BCUT2D eigenvalue weighted by Gasteiger charge is 2.20. The first-order chi connectivity index (χ1) is 9.63. The molecule has 0 saturated carbocycles. The molecule has 0 spiro atoms. The number of hydrogen-bond acceptors (Lipinski definition) is 3. The fourth-order valence-corrected chi connectivity index (χ4v) is 2.47. The number of ether oxygens (including phenoxy) is 1. The van der Waals surface area contributed by atoms with E-state index in [9.17, 15) is 9.18 Å². The quantitative estimate of drug-likeness (QED) is 0.918. The van der Waals surface area contributed by atoms with Crippen LogP contribution in [0.3, 0.4) is 0 Å². The molecule has 1 amide bonds. The van der Waals surface area contributed by atoms with Gasteiger partial charge in [-0.3, -0.25) is 4.79 Å². The molecule has 0 atom stereocenters. The van der Waals surface area contributed by atoms with Gasteiger partial charge in [0.25, 0.3) is 5.91 Å². The summed E-state index contributed by atoms with van der Waals surface area (Å²) in [7, 11) is 1.40. The zero-order chi connectivity index (χ0) is 14.5. The number of nitrogens with zero attached hydrogens (tertiary/aromatic N) is 1. The minimum Gasteiger partial charge on any atom is -0.494 e. The van der Waals surface area contributed by atoms with Crippen LogP contribution >= 0.6 is 0 Å². The number of amides is 1. The van der Waals surface area contributed by atoms with Crippen molar-refractivity contribution in [1.29, 1.82) is 0 Å². The molecule has 1 N–H and O–H groups in total. The molecule has 4 nitrogen and oxygen atoms in total. The van der Waals surface area contributed by atoms with Gasteiger partial charge in [0, 0.05) is 24.7 Å². The van der Waals surface area contributed by atoms with E-state index in [1.54, 1.807) is 6.07 Å². The van der Waals surface area contributed by atoms with Crippen LogP contribution in [0.25, 0.3) is 0 Å². The number of halogens is 1. The standard InChI is InChI=1S/C15H21FN2O2/c1-3-18-8-6-12(7-9-18)17-15(19)11-4-5-14(20-2)13(16)10-11/h4-5,10,12H,3,6-9H2,1-2H3,(H,17,19). The average Bonchev–Trinajstić information content (AvgIpc) is 2.48. The summed E-state index contributed by atoms with van der Waals surface area (Å²) in [6.45, 7) is 5.18. The molecule has 1 fully saturated rings. The van der Waals surface area contributed by atoms with Gasteiger partial charge in [-0.2, -0.15) is 0 Å². The lowest BCUT2D eigenvalue weighted by Crippen LogP contribution is -2.44. The Labute approximate surface area is 118 Å². The highest BCUT2D eigenvalue weighted by Crippen LogP contribution is 2.18. The van der Waals surface area contributed by atoms with Gasteiger partial charge in [0.2, 0.25) is 0 Å². The molecule has 1 aliphatic rings. The Morgan fingerprint density at radius 3 is 2.70 bits per heavy atom. The van der Waals surface area contributed by atoms with E-state index in [1.165, 1.54) is 19.2 Å². The lowest BCUT2D eigenvalue weighted by Gasteiger charge is -2.31. The first kappa shape index (κ1) is 14.8. The third-order valence-electron chi connectivity index (χ3n) is 3.78. The topological polar surface area (TPSA) is 41.6 Å². The summed E-state index contributed by atoms with van der Waals surface area (Å²) < 4.78 is 18.4. The summed E-state index contributed by atoms with van der Waals surface area (Å²) in [6.07, 6.45) is 1.89. The van der Waals surface area contributed by atoms with Crippen LogP contribution in [0.1, 0.15) is 30.1 Å². The van der Waals surface area contributed by atoms with Gasteiger partial charge in [-0.05, 0) is 37.6 Å². The zero-order valence-electron chi connectivity index (χ0n) is 12.0. The van der Waals surface area contributed by atoms with Crippen LogP contribution in [0.2, 0.25) is 0 Å². The van der Waals surface area contributed by atoms with Crippen LogP contribution in [-0.2, 0) is 0 Å². The molecule has 20 heavy (non-hydrogen) atoms. The van der Waals surface area contributed by atoms with Crippen LogP contribution in [0, 0.1) is 5.82 Å². The molecule has 0 aliphatic carbocycles. The summed E-state index contributed by atoms with van der Waals surface area (Å²) in [6, 6.07) is 4.45. The van der Waals surface area contributed by atoms with E-state index in [2.05, 4.69) is 17.1 Å². The summed E-state index contributed by atoms with van der Waals surface area (Å²) in [5.74, 6) is -0.583. The second-order valence-electron chi connectivity index (χ2n) is 5.03. The van der Waals surface area contributed by atoms with Crippen molar-refractivity contribution in [3.05, 3.63) is 29.6 Å². The van der Waals surface area contributed by atoms with Crippen LogP contribution in [0.5, 0.6) is 5.75 Å². The van der Waals surface area contributed by atoms with Crippen molar-refractivity contribution in [2.24, 2.45) is 0 Å². The molecule has 0 radical (unpaired) electrons. The van der Waals surface area contributed by atoms with E-state index >= 15 is 0 Å². The number of carbonyl (C=O) groups is 1. The van der Waals surface area contributed by atoms with E-state index in [1.807, 2.05) is 0 Å². The van der Waals surface area contributed by atoms with Crippen molar-refractivity contribution in [2.75, 3.05) is 26.7 Å². The number of hydrogen-bond donors (Lipinski definition) is 1. The van der Waals surface area contributed by atoms with Gasteiger partial charge >= 0.3 is 0 Å². The van der Waals surface area contributed by atoms with Crippen LogP contribution in [-0.4, -0.2) is 43.6 Å². The number of piperidine rings is 1. The predicted octanol–water partition coefficient (Wildman–Crippen LogP) is 2.05. The van der Waals surface area contributed by atoms with Crippen LogP contribution in [0.4, 0.5) is 4.39 Å². The molecular weight excluding hydrogens is 259 g/mol. The lowest BCUT2D eigenvalue weighted by molar-refractivity contribution is 0.0912. The molecule has 110 valence electrons. The molecular formula is C15H21FN2O2. The molecule has 1 aliphatic heterocycles. The number of carbonyl (C=O) groups excluding carboxylic acids is 1. The summed E-state index contributed by atoms with van der Waals surface area (Å²) in [5, 5.41) is 2.97. The minimum atomic E-state index is -0.513. The smallest absolute Gasteiger partial charge is 0.251 e. The van der Waals surface area contributed by atoms with Crippen LogP contribution < -0.4 is 10.1 Å². The Morgan fingerprint density at radius 2 is 2.15 bits per heavy atom. The van der Waals surface area contributed by atoms with Crippen LogP contribution in [0.15, 0.2) is 18.2 Å². The third-order valence-corrected chi connectivity index (χ3v) is 3.78. The normalized spacial score (nSPS) is 16.9. The molecule has 1 aromatic carbocycles. The maximum absolute atomic E-state index is 13.6. The highest BCUT2D eigenvalue weighted by molar-refractivity contribution is 5.94. The van der Waals surface area contributed by atoms with Gasteiger partial charge in [-0.1, -0.05) is 6.92 Å². The third kappa shape index (κ3) is 3.48. The van der Waals surface area contributed by atoms with Gasteiger partial charge in [-0.15, -0.1) is 0 Å². The van der Waals surface area contributed by atoms with Gasteiger partial charge in [-0.25, -0.2) is 4.39 Å². The first-order valence-corrected chi connectivity index (χ1v) is 7.00. The Balaban J connectivity index is 1.93. The minimum absolute atomic E-state index is 0.151. The van der Waals surface area contributed by atoms with E-state index < -0.39 is 5.82 Å². The zero-order valence-corrected chi connectivity index (χ0v) is 12.0. The van der Waals surface area contributed by atoms with Crippen molar-refractivity contribution in [3.8, 4) is 5.75 Å². The first-order valence-electron chi connectivity index (χ1n) is 7.00. The van der Waals surface area contributed by atoms with Crippen molar-refractivity contribution >= 4 is 5.91 Å². The SMILES string of the molecule is CCN1CCC(NC(=O)c2ccc(OC)c(F)c2)CC1. The fourth-order valence-electron chi connectivity index (χ4n) is 2.47. The Kier molecular flexibility index (Phi) is 4.95. The molecule has 1 saturated heterocycles.